The normalized spacial score (nSPS) is 11.6. The van der Waals surface area contributed by atoms with Gasteiger partial charge in [-0.2, -0.15) is 0 Å². The van der Waals surface area contributed by atoms with Crippen LogP contribution in [0.4, 0.5) is 5.69 Å². The minimum atomic E-state index is 0.889. The molecule has 188 valence electrons. The number of rotatable bonds is 5. The van der Waals surface area contributed by atoms with Gasteiger partial charge in [-0.3, -0.25) is 15.0 Å². The van der Waals surface area contributed by atoms with E-state index in [1.165, 1.54) is 27.5 Å². The monoisotopic (exact) mass is 503 g/mol. The quantitative estimate of drug-likeness (QED) is 0.220. The van der Waals surface area contributed by atoms with E-state index in [9.17, 15) is 0 Å². The van der Waals surface area contributed by atoms with E-state index in [2.05, 4.69) is 121 Å². The fourth-order valence-electron chi connectivity index (χ4n) is 5.06. The van der Waals surface area contributed by atoms with E-state index in [4.69, 9.17) is 4.99 Å². The van der Waals surface area contributed by atoms with E-state index in [0.29, 0.717) is 0 Å². The van der Waals surface area contributed by atoms with Gasteiger partial charge in [0.1, 0.15) is 0 Å². The summed E-state index contributed by atoms with van der Waals surface area (Å²) >= 11 is 0. The lowest BCUT2D eigenvalue weighted by Crippen LogP contribution is -2.01. The highest BCUT2D eigenvalue weighted by molar-refractivity contribution is 6.05. The number of aliphatic imine (C=N–C) groups is 1. The Balaban J connectivity index is 1.36. The number of aromatic nitrogens is 2. The van der Waals surface area contributed by atoms with Crippen LogP contribution in [-0.2, 0) is 0 Å². The molecule has 3 nitrogen and oxygen atoms in total. The van der Waals surface area contributed by atoms with Gasteiger partial charge in [-0.1, -0.05) is 91.0 Å². The molecular weight excluding hydrogens is 474 g/mol. The van der Waals surface area contributed by atoms with Crippen LogP contribution in [0.25, 0.3) is 44.3 Å². The minimum absolute atomic E-state index is 0.889. The van der Waals surface area contributed by atoms with Crippen LogP contribution >= 0.6 is 0 Å². The lowest BCUT2D eigenvalue weighted by molar-refractivity contribution is 1.12. The Morgan fingerprint density at radius 2 is 1.21 bits per heavy atom. The number of nitrogens with zero attached hydrogens (tertiary/aromatic N) is 3. The molecule has 0 saturated heterocycles. The number of benzene rings is 5. The molecule has 1 aromatic heterocycles. The maximum absolute atomic E-state index is 5.11. The molecule has 6 rings (SSSR count). The summed E-state index contributed by atoms with van der Waals surface area (Å²) in [6.07, 6.45) is 3.47. The fraction of sp³-hybridized carbons (Fsp3) is 0.0833. The standard InChI is InChI=1S/C36H29N3/c1-24-13-14-32(31-18-17-29-21-28(15-16-30(29)22-31)27-9-5-4-6-10-27)23-35(24)39-25(2)33-11-7-8-12-34(33)36-26(3)37-19-20-38-36/h4-23H,1-3H3/b39-25+. The molecule has 3 heteroatoms. The van der Waals surface area contributed by atoms with E-state index in [1.807, 2.05) is 19.1 Å². The predicted molar refractivity (Wildman–Crippen MR) is 164 cm³/mol. The third kappa shape index (κ3) is 4.99. The summed E-state index contributed by atoms with van der Waals surface area (Å²) in [5.74, 6) is 0. The third-order valence-corrected chi connectivity index (χ3v) is 7.23. The molecule has 0 saturated carbocycles. The van der Waals surface area contributed by atoms with Crippen molar-refractivity contribution >= 4 is 22.2 Å². The second-order valence-electron chi connectivity index (χ2n) is 9.88. The van der Waals surface area contributed by atoms with Crippen molar-refractivity contribution in [3.05, 3.63) is 138 Å². The SMILES string of the molecule is C/C(=N\c1cc(-c2ccc3cc(-c4ccccc4)ccc3c2)ccc1C)c1ccccc1-c1nccnc1C. The highest BCUT2D eigenvalue weighted by Gasteiger charge is 2.12. The maximum Gasteiger partial charge on any atom is 0.0921 e. The highest BCUT2D eigenvalue weighted by atomic mass is 14.8. The van der Waals surface area contributed by atoms with Crippen LogP contribution in [0.15, 0.2) is 127 Å². The lowest BCUT2D eigenvalue weighted by Gasteiger charge is -2.12. The first kappa shape index (κ1) is 24.4. The van der Waals surface area contributed by atoms with E-state index in [-0.39, 0.29) is 0 Å². The molecule has 0 fully saturated rings. The van der Waals surface area contributed by atoms with Gasteiger partial charge < -0.3 is 0 Å². The number of aryl methyl sites for hydroxylation is 2. The molecule has 0 aliphatic carbocycles. The molecule has 0 radical (unpaired) electrons. The Morgan fingerprint density at radius 3 is 1.95 bits per heavy atom. The van der Waals surface area contributed by atoms with Gasteiger partial charge in [-0.25, -0.2) is 0 Å². The molecule has 6 aromatic rings. The van der Waals surface area contributed by atoms with Crippen molar-refractivity contribution in [1.29, 1.82) is 0 Å². The topological polar surface area (TPSA) is 38.1 Å². The van der Waals surface area contributed by atoms with E-state index in [1.54, 1.807) is 12.4 Å². The minimum Gasteiger partial charge on any atom is -0.258 e. The fourth-order valence-corrected chi connectivity index (χ4v) is 5.06. The maximum atomic E-state index is 5.11. The summed E-state index contributed by atoms with van der Waals surface area (Å²) in [5, 5.41) is 2.46. The van der Waals surface area contributed by atoms with Crippen molar-refractivity contribution in [2.75, 3.05) is 0 Å². The average Bonchev–Trinajstić information content (AvgIpc) is 2.98. The van der Waals surface area contributed by atoms with Gasteiger partial charge in [0.15, 0.2) is 0 Å². The van der Waals surface area contributed by atoms with Crippen molar-refractivity contribution in [1.82, 2.24) is 9.97 Å². The molecular formula is C36H29N3. The van der Waals surface area contributed by atoms with Gasteiger partial charge in [0.05, 0.1) is 17.1 Å². The van der Waals surface area contributed by atoms with Gasteiger partial charge in [-0.05, 0) is 77.6 Å². The van der Waals surface area contributed by atoms with Crippen LogP contribution in [0, 0.1) is 13.8 Å². The van der Waals surface area contributed by atoms with Gasteiger partial charge in [0.25, 0.3) is 0 Å². The second kappa shape index (κ2) is 10.5. The average molecular weight is 504 g/mol. The van der Waals surface area contributed by atoms with Crippen molar-refractivity contribution in [3.8, 4) is 33.5 Å². The predicted octanol–water partition coefficient (Wildman–Crippen LogP) is 9.39. The molecule has 0 amide bonds. The van der Waals surface area contributed by atoms with E-state index < -0.39 is 0 Å². The highest BCUT2D eigenvalue weighted by Crippen LogP contribution is 2.32. The van der Waals surface area contributed by atoms with Gasteiger partial charge >= 0.3 is 0 Å². The zero-order chi connectivity index (χ0) is 26.8. The Kier molecular flexibility index (Phi) is 6.56. The molecule has 0 aliphatic heterocycles. The third-order valence-electron chi connectivity index (χ3n) is 7.23. The first-order chi connectivity index (χ1) is 19.1. The summed E-state index contributed by atoms with van der Waals surface area (Å²) in [5.41, 5.74) is 11.7. The van der Waals surface area contributed by atoms with Crippen LogP contribution in [-0.4, -0.2) is 15.7 Å². The summed E-state index contributed by atoms with van der Waals surface area (Å²) in [6.45, 7) is 6.17. The number of fused-ring (bicyclic) bond motifs is 1. The van der Waals surface area contributed by atoms with Crippen molar-refractivity contribution in [3.63, 3.8) is 0 Å². The van der Waals surface area contributed by atoms with Crippen LogP contribution in [0.1, 0.15) is 23.7 Å². The van der Waals surface area contributed by atoms with Crippen molar-refractivity contribution < 1.29 is 0 Å². The number of hydrogen-bond acceptors (Lipinski definition) is 3. The summed E-state index contributed by atoms with van der Waals surface area (Å²) in [7, 11) is 0. The second-order valence-corrected chi connectivity index (χ2v) is 9.88. The molecule has 39 heavy (non-hydrogen) atoms. The molecule has 0 atom stereocenters. The van der Waals surface area contributed by atoms with E-state index >= 15 is 0 Å². The first-order valence-corrected chi connectivity index (χ1v) is 13.2. The van der Waals surface area contributed by atoms with Crippen LogP contribution in [0.5, 0.6) is 0 Å². The van der Waals surface area contributed by atoms with Crippen LogP contribution in [0.3, 0.4) is 0 Å². The Hall–Kier alpha value is -4.89. The van der Waals surface area contributed by atoms with Crippen LogP contribution < -0.4 is 0 Å². The van der Waals surface area contributed by atoms with Crippen molar-refractivity contribution in [2.24, 2.45) is 4.99 Å². The Morgan fingerprint density at radius 1 is 0.590 bits per heavy atom. The van der Waals surface area contributed by atoms with Gasteiger partial charge in [0.2, 0.25) is 0 Å². The molecule has 0 unspecified atom stereocenters. The summed E-state index contributed by atoms with van der Waals surface area (Å²) in [4.78, 5) is 14.1. The van der Waals surface area contributed by atoms with Gasteiger partial charge in [0, 0.05) is 29.2 Å². The van der Waals surface area contributed by atoms with Crippen LogP contribution in [0.2, 0.25) is 0 Å². The molecule has 5 aromatic carbocycles. The zero-order valence-electron chi connectivity index (χ0n) is 22.4. The Labute approximate surface area is 229 Å². The molecule has 0 N–H and O–H groups in total. The smallest absolute Gasteiger partial charge is 0.0921 e. The summed E-state index contributed by atoms with van der Waals surface area (Å²) < 4.78 is 0. The van der Waals surface area contributed by atoms with E-state index in [0.717, 1.165) is 45.0 Å². The first-order valence-electron chi connectivity index (χ1n) is 13.2. The summed E-state index contributed by atoms with van der Waals surface area (Å²) in [6, 6.07) is 38.7. The van der Waals surface area contributed by atoms with Crippen molar-refractivity contribution in [2.45, 2.75) is 20.8 Å². The molecule has 1 heterocycles. The Bertz CT molecular complexity index is 1830. The number of hydrogen-bond donors (Lipinski definition) is 0. The zero-order valence-corrected chi connectivity index (χ0v) is 22.4. The largest absolute Gasteiger partial charge is 0.258 e. The lowest BCUT2D eigenvalue weighted by atomic mass is 9.97. The molecule has 0 bridgehead atoms. The molecule has 0 spiro atoms. The van der Waals surface area contributed by atoms with Gasteiger partial charge in [-0.15, -0.1) is 0 Å². The molecule has 0 aliphatic rings.